The highest BCUT2D eigenvalue weighted by atomic mass is 35.5. The van der Waals surface area contributed by atoms with Gasteiger partial charge in [-0.3, -0.25) is 14.6 Å². The Hall–Kier alpha value is -2.67. The molecule has 0 radical (unpaired) electrons. The lowest BCUT2D eigenvalue weighted by atomic mass is 10.0. The average molecular weight is 345 g/mol. The minimum Gasteiger partial charge on any atom is -0.344 e. The second-order valence-corrected chi connectivity index (χ2v) is 5.77. The third-order valence-corrected chi connectivity index (χ3v) is 4.17. The van der Waals surface area contributed by atoms with Crippen LogP contribution in [0.2, 0.25) is 5.02 Å². The largest absolute Gasteiger partial charge is 0.344 e. The van der Waals surface area contributed by atoms with E-state index in [4.69, 9.17) is 11.6 Å². The van der Waals surface area contributed by atoms with Crippen molar-refractivity contribution in [2.75, 3.05) is 0 Å². The maximum absolute atomic E-state index is 12.5. The fourth-order valence-corrected chi connectivity index (χ4v) is 2.58. The number of hydrogen-bond donors (Lipinski definition) is 2. The maximum atomic E-state index is 12.5. The van der Waals surface area contributed by atoms with Gasteiger partial charge in [-0.15, -0.1) is 0 Å². The smallest absolute Gasteiger partial charge is 0.273 e. The predicted molar refractivity (Wildman–Crippen MR) is 89.6 cm³/mol. The maximum Gasteiger partial charge on any atom is 0.273 e. The Morgan fingerprint density at radius 1 is 1.38 bits per heavy atom. The molecule has 1 aromatic carbocycles. The Kier molecular flexibility index (Phi) is 4.90. The van der Waals surface area contributed by atoms with Gasteiger partial charge in [-0.05, 0) is 18.9 Å². The van der Waals surface area contributed by atoms with Crippen LogP contribution in [0, 0.1) is 6.92 Å². The first-order valence-corrected chi connectivity index (χ1v) is 7.91. The summed E-state index contributed by atoms with van der Waals surface area (Å²) in [5, 5.41) is 14.1. The lowest BCUT2D eigenvalue weighted by Gasteiger charge is -2.18. The van der Waals surface area contributed by atoms with Crippen LogP contribution in [0.1, 0.15) is 34.2 Å². The van der Waals surface area contributed by atoms with E-state index < -0.39 is 0 Å². The molecule has 24 heavy (non-hydrogen) atoms. The Morgan fingerprint density at radius 3 is 2.79 bits per heavy atom. The van der Waals surface area contributed by atoms with E-state index in [0.29, 0.717) is 23.7 Å². The quantitative estimate of drug-likeness (QED) is 0.719. The Labute approximate surface area is 144 Å². The SMILES string of the molecule is Cc1[nH]nc(C(=O)N[C@H](CCn2cncn2)c2ccccc2)c1Cl. The summed E-state index contributed by atoms with van der Waals surface area (Å²) >= 11 is 6.11. The van der Waals surface area contributed by atoms with Crippen LogP contribution < -0.4 is 5.32 Å². The number of nitrogens with one attached hydrogen (secondary N) is 2. The number of aromatic amines is 1. The number of hydrogen-bond acceptors (Lipinski definition) is 4. The van der Waals surface area contributed by atoms with Gasteiger partial charge >= 0.3 is 0 Å². The molecule has 0 unspecified atom stereocenters. The molecule has 2 N–H and O–H groups in total. The van der Waals surface area contributed by atoms with Crippen molar-refractivity contribution in [3.8, 4) is 0 Å². The molecular weight excluding hydrogens is 328 g/mol. The Morgan fingerprint density at radius 2 is 2.17 bits per heavy atom. The topological polar surface area (TPSA) is 88.5 Å². The standard InChI is InChI=1S/C16H17ClN6O/c1-11-14(17)15(22-21-11)16(24)20-13(12-5-3-2-4-6-12)7-8-23-10-18-9-19-23/h2-6,9-10,13H,7-8H2,1H3,(H,20,24)(H,21,22)/t13-/m1/s1. The van der Waals surface area contributed by atoms with Gasteiger partial charge < -0.3 is 5.32 Å². The lowest BCUT2D eigenvalue weighted by Crippen LogP contribution is -2.30. The van der Waals surface area contributed by atoms with Crippen LogP contribution in [0.15, 0.2) is 43.0 Å². The molecule has 1 amide bonds. The number of aryl methyl sites for hydroxylation is 2. The third-order valence-electron chi connectivity index (χ3n) is 3.71. The number of rotatable bonds is 6. The molecular formula is C16H17ClN6O. The van der Waals surface area contributed by atoms with Crippen LogP contribution in [-0.2, 0) is 6.54 Å². The summed E-state index contributed by atoms with van der Waals surface area (Å²) in [6, 6.07) is 9.59. The highest BCUT2D eigenvalue weighted by Crippen LogP contribution is 2.21. The first-order chi connectivity index (χ1) is 11.6. The van der Waals surface area contributed by atoms with Crippen LogP contribution in [0.3, 0.4) is 0 Å². The van der Waals surface area contributed by atoms with E-state index >= 15 is 0 Å². The summed E-state index contributed by atoms with van der Waals surface area (Å²) in [5.74, 6) is -0.309. The lowest BCUT2D eigenvalue weighted by molar-refractivity contribution is 0.0928. The molecule has 1 atom stereocenters. The normalized spacial score (nSPS) is 12.1. The number of aromatic nitrogens is 5. The molecule has 3 rings (SSSR count). The zero-order chi connectivity index (χ0) is 16.9. The van der Waals surface area contributed by atoms with E-state index in [1.807, 2.05) is 30.3 Å². The molecule has 3 aromatic rings. The van der Waals surface area contributed by atoms with E-state index in [1.165, 1.54) is 6.33 Å². The monoisotopic (exact) mass is 344 g/mol. The van der Waals surface area contributed by atoms with Crippen molar-refractivity contribution in [1.29, 1.82) is 0 Å². The molecule has 0 saturated carbocycles. The highest BCUT2D eigenvalue weighted by Gasteiger charge is 2.20. The molecule has 0 bridgehead atoms. The van der Waals surface area contributed by atoms with Crippen molar-refractivity contribution < 1.29 is 4.79 Å². The molecule has 0 spiro atoms. The highest BCUT2D eigenvalue weighted by molar-refractivity contribution is 6.34. The Bertz CT molecular complexity index is 799. The van der Waals surface area contributed by atoms with Gasteiger partial charge in [0.1, 0.15) is 12.7 Å². The van der Waals surface area contributed by atoms with Crippen molar-refractivity contribution in [1.82, 2.24) is 30.3 Å². The van der Waals surface area contributed by atoms with Gasteiger partial charge in [0.15, 0.2) is 5.69 Å². The van der Waals surface area contributed by atoms with Gasteiger partial charge in [-0.2, -0.15) is 10.2 Å². The van der Waals surface area contributed by atoms with Crippen molar-refractivity contribution in [2.24, 2.45) is 0 Å². The summed E-state index contributed by atoms with van der Waals surface area (Å²) < 4.78 is 1.73. The molecule has 8 heteroatoms. The molecule has 0 fully saturated rings. The summed E-state index contributed by atoms with van der Waals surface area (Å²) in [5.41, 5.74) is 1.88. The molecule has 0 saturated heterocycles. The molecule has 2 heterocycles. The number of benzene rings is 1. The van der Waals surface area contributed by atoms with Gasteiger partial charge in [0.05, 0.1) is 16.8 Å². The summed E-state index contributed by atoms with van der Waals surface area (Å²) in [6.45, 7) is 2.40. The molecule has 0 aliphatic carbocycles. The Balaban J connectivity index is 1.76. The minimum absolute atomic E-state index is 0.184. The number of H-pyrrole nitrogens is 1. The first kappa shape index (κ1) is 16.2. The molecule has 124 valence electrons. The van der Waals surface area contributed by atoms with Crippen LogP contribution in [0.5, 0.6) is 0 Å². The summed E-state index contributed by atoms with van der Waals surface area (Å²) in [7, 11) is 0. The van der Waals surface area contributed by atoms with E-state index in [2.05, 4.69) is 25.6 Å². The molecule has 7 nitrogen and oxygen atoms in total. The van der Waals surface area contributed by atoms with Gasteiger partial charge in [0.2, 0.25) is 0 Å². The van der Waals surface area contributed by atoms with Crippen molar-refractivity contribution >= 4 is 17.5 Å². The number of nitrogens with zero attached hydrogens (tertiary/aromatic N) is 4. The van der Waals surface area contributed by atoms with Gasteiger partial charge in [-0.1, -0.05) is 41.9 Å². The molecule has 0 aliphatic heterocycles. The zero-order valence-electron chi connectivity index (χ0n) is 13.1. The van der Waals surface area contributed by atoms with E-state index in [1.54, 1.807) is 17.9 Å². The number of carbonyl (C=O) groups is 1. The van der Waals surface area contributed by atoms with E-state index in [-0.39, 0.29) is 17.6 Å². The second-order valence-electron chi connectivity index (χ2n) is 5.40. The average Bonchev–Trinajstić information content (AvgIpc) is 3.23. The van der Waals surface area contributed by atoms with E-state index in [9.17, 15) is 4.79 Å². The third kappa shape index (κ3) is 3.62. The second kappa shape index (κ2) is 7.27. The van der Waals surface area contributed by atoms with Crippen LogP contribution in [0.4, 0.5) is 0 Å². The minimum atomic E-state index is -0.309. The van der Waals surface area contributed by atoms with Gasteiger partial charge in [0.25, 0.3) is 5.91 Å². The summed E-state index contributed by atoms with van der Waals surface area (Å²) in [6.07, 6.45) is 3.81. The molecule has 0 aliphatic rings. The van der Waals surface area contributed by atoms with Crippen molar-refractivity contribution in [2.45, 2.75) is 25.9 Å². The number of amides is 1. The fraction of sp³-hybridized carbons (Fsp3) is 0.250. The number of halogens is 1. The fourth-order valence-electron chi connectivity index (χ4n) is 2.41. The molecule has 2 aromatic heterocycles. The van der Waals surface area contributed by atoms with Crippen molar-refractivity contribution in [3.05, 3.63) is 65.0 Å². The van der Waals surface area contributed by atoms with Gasteiger partial charge in [-0.25, -0.2) is 4.98 Å². The number of carbonyl (C=O) groups excluding carboxylic acids is 1. The van der Waals surface area contributed by atoms with Crippen LogP contribution in [0.25, 0.3) is 0 Å². The van der Waals surface area contributed by atoms with E-state index in [0.717, 1.165) is 5.56 Å². The zero-order valence-corrected chi connectivity index (χ0v) is 13.9. The van der Waals surface area contributed by atoms with Crippen LogP contribution in [-0.4, -0.2) is 30.9 Å². The first-order valence-electron chi connectivity index (χ1n) is 7.54. The van der Waals surface area contributed by atoms with Gasteiger partial charge in [0, 0.05) is 6.54 Å². The van der Waals surface area contributed by atoms with Crippen molar-refractivity contribution in [3.63, 3.8) is 0 Å². The van der Waals surface area contributed by atoms with Crippen LogP contribution >= 0.6 is 11.6 Å². The summed E-state index contributed by atoms with van der Waals surface area (Å²) in [4.78, 5) is 16.4. The predicted octanol–water partition coefficient (Wildman–Crippen LogP) is 2.52.